The fourth-order valence-electron chi connectivity index (χ4n) is 3.83. The highest BCUT2D eigenvalue weighted by Gasteiger charge is 2.46. The highest BCUT2D eigenvalue weighted by molar-refractivity contribution is 5.87. The Bertz CT molecular complexity index is 257. The molecule has 0 amide bonds. The summed E-state index contributed by atoms with van der Waals surface area (Å²) in [5.41, 5.74) is 0. The van der Waals surface area contributed by atoms with E-state index in [0.717, 1.165) is 12.5 Å². The molecule has 15 heavy (non-hydrogen) atoms. The van der Waals surface area contributed by atoms with Crippen molar-refractivity contribution in [2.24, 2.45) is 17.8 Å². The topological polar surface area (TPSA) is 20.3 Å². The van der Waals surface area contributed by atoms with Crippen LogP contribution in [0, 0.1) is 17.8 Å². The van der Waals surface area contributed by atoms with Gasteiger partial charge in [0.2, 0.25) is 0 Å². The number of hydrogen-bond acceptors (Lipinski definition) is 2. The van der Waals surface area contributed by atoms with Gasteiger partial charge in [-0.2, -0.15) is 0 Å². The minimum Gasteiger partial charge on any atom is -0.303 e. The Kier molecular flexibility index (Phi) is 2.55. The Morgan fingerprint density at radius 3 is 2.60 bits per heavy atom. The van der Waals surface area contributed by atoms with Crippen molar-refractivity contribution in [3.8, 4) is 0 Å². The van der Waals surface area contributed by atoms with Gasteiger partial charge in [-0.1, -0.05) is 6.42 Å². The molecule has 1 heterocycles. The second-order valence-corrected chi connectivity index (χ2v) is 5.64. The Balaban J connectivity index is 1.60. The summed E-state index contributed by atoms with van der Waals surface area (Å²) < 4.78 is 0. The van der Waals surface area contributed by atoms with Gasteiger partial charge < -0.3 is 4.90 Å². The van der Waals surface area contributed by atoms with Crippen molar-refractivity contribution in [1.82, 2.24) is 4.90 Å². The number of Topliss-reactive ketones (excluding diaryl/α,β-unsaturated/α-hetero) is 1. The maximum Gasteiger partial charge on any atom is 0.140 e. The van der Waals surface area contributed by atoms with E-state index in [1.165, 1.54) is 51.6 Å². The van der Waals surface area contributed by atoms with E-state index in [1.54, 1.807) is 0 Å². The van der Waals surface area contributed by atoms with Crippen molar-refractivity contribution >= 4 is 5.78 Å². The number of ketones is 1. The number of nitrogens with zero attached hydrogens (tertiary/aromatic N) is 1. The van der Waals surface area contributed by atoms with E-state index < -0.39 is 0 Å². The average molecular weight is 207 g/mol. The molecular weight excluding hydrogens is 186 g/mol. The number of piperidine rings is 1. The van der Waals surface area contributed by atoms with Crippen molar-refractivity contribution in [1.29, 1.82) is 0 Å². The molecule has 2 heteroatoms. The van der Waals surface area contributed by atoms with Gasteiger partial charge in [0, 0.05) is 18.4 Å². The van der Waals surface area contributed by atoms with Gasteiger partial charge in [-0.25, -0.2) is 0 Å². The minimum absolute atomic E-state index is 0.418. The summed E-state index contributed by atoms with van der Waals surface area (Å²) >= 11 is 0. The van der Waals surface area contributed by atoms with Crippen LogP contribution in [0.25, 0.3) is 0 Å². The third-order valence-electron chi connectivity index (χ3n) is 4.71. The molecule has 0 aromatic heterocycles. The third-order valence-corrected chi connectivity index (χ3v) is 4.71. The first-order chi connectivity index (χ1) is 7.34. The van der Waals surface area contributed by atoms with Crippen molar-refractivity contribution in [2.75, 3.05) is 19.6 Å². The Morgan fingerprint density at radius 2 is 1.93 bits per heavy atom. The molecular formula is C13H21NO. The van der Waals surface area contributed by atoms with Gasteiger partial charge in [-0.05, 0) is 51.1 Å². The number of carbonyl (C=O) groups is 1. The zero-order chi connectivity index (χ0) is 10.3. The summed E-state index contributed by atoms with van der Waals surface area (Å²) in [6.45, 7) is 3.56. The van der Waals surface area contributed by atoms with Crippen molar-refractivity contribution in [2.45, 2.75) is 38.5 Å². The predicted molar refractivity (Wildman–Crippen MR) is 59.6 cm³/mol. The first-order valence-electron chi connectivity index (χ1n) is 6.60. The van der Waals surface area contributed by atoms with Crippen LogP contribution in [0.5, 0.6) is 0 Å². The standard InChI is InChI=1S/C13H21NO/c15-13-11-5-4-10(8-11)12(13)9-14-6-2-1-3-7-14/h10-12H,1-9H2/t10-,11-,12-/m0/s1. The first-order valence-corrected chi connectivity index (χ1v) is 6.60. The summed E-state index contributed by atoms with van der Waals surface area (Å²) in [5, 5.41) is 0. The molecule has 0 spiro atoms. The Morgan fingerprint density at radius 1 is 1.13 bits per heavy atom. The van der Waals surface area contributed by atoms with Gasteiger partial charge in [0.25, 0.3) is 0 Å². The lowest BCUT2D eigenvalue weighted by molar-refractivity contribution is -0.126. The number of carbonyl (C=O) groups excluding carboxylic acids is 1. The molecule has 3 fully saturated rings. The largest absolute Gasteiger partial charge is 0.303 e. The van der Waals surface area contributed by atoms with E-state index in [0.29, 0.717) is 17.6 Å². The van der Waals surface area contributed by atoms with Crippen LogP contribution in [0.2, 0.25) is 0 Å². The molecule has 2 nitrogen and oxygen atoms in total. The van der Waals surface area contributed by atoms with E-state index in [2.05, 4.69) is 4.90 Å². The van der Waals surface area contributed by atoms with Crippen LogP contribution in [-0.4, -0.2) is 30.3 Å². The SMILES string of the molecule is O=C1[C@H]2CC[C@@H](C2)[C@@H]1CN1CCCCC1. The Hall–Kier alpha value is -0.370. The summed E-state index contributed by atoms with van der Waals surface area (Å²) in [4.78, 5) is 14.5. The summed E-state index contributed by atoms with van der Waals surface area (Å²) in [5.74, 6) is 2.24. The maximum atomic E-state index is 12.0. The van der Waals surface area contributed by atoms with Gasteiger partial charge in [0.05, 0.1) is 0 Å². The van der Waals surface area contributed by atoms with E-state index in [1.807, 2.05) is 0 Å². The number of likely N-dealkylation sites (tertiary alicyclic amines) is 1. The lowest BCUT2D eigenvalue weighted by Crippen LogP contribution is -2.38. The number of hydrogen-bond donors (Lipinski definition) is 0. The highest BCUT2D eigenvalue weighted by Crippen LogP contribution is 2.46. The lowest BCUT2D eigenvalue weighted by atomic mass is 9.87. The molecule has 0 aromatic rings. The van der Waals surface area contributed by atoms with E-state index in [4.69, 9.17) is 0 Å². The second kappa shape index (κ2) is 3.89. The normalized spacial score (nSPS) is 41.3. The van der Waals surface area contributed by atoms with Crippen molar-refractivity contribution in [3.05, 3.63) is 0 Å². The van der Waals surface area contributed by atoms with Gasteiger partial charge in [-0.15, -0.1) is 0 Å². The zero-order valence-electron chi connectivity index (χ0n) is 9.45. The molecule has 0 radical (unpaired) electrons. The van der Waals surface area contributed by atoms with Crippen LogP contribution in [-0.2, 0) is 4.79 Å². The predicted octanol–water partition coefficient (Wildman–Crippen LogP) is 2.09. The van der Waals surface area contributed by atoms with Gasteiger partial charge in [0.15, 0.2) is 0 Å². The van der Waals surface area contributed by atoms with Gasteiger partial charge in [-0.3, -0.25) is 4.79 Å². The number of rotatable bonds is 2. The van der Waals surface area contributed by atoms with Crippen molar-refractivity contribution < 1.29 is 4.79 Å². The molecule has 84 valence electrons. The quantitative estimate of drug-likeness (QED) is 0.691. The summed E-state index contributed by atoms with van der Waals surface area (Å²) in [6.07, 6.45) is 7.82. The zero-order valence-corrected chi connectivity index (χ0v) is 9.45. The second-order valence-electron chi connectivity index (χ2n) is 5.64. The molecule has 0 N–H and O–H groups in total. The molecule has 2 bridgehead atoms. The molecule has 3 aliphatic rings. The molecule has 1 aliphatic heterocycles. The van der Waals surface area contributed by atoms with Crippen LogP contribution < -0.4 is 0 Å². The minimum atomic E-state index is 0.418. The fraction of sp³-hybridized carbons (Fsp3) is 0.923. The first kappa shape index (κ1) is 9.83. The van der Waals surface area contributed by atoms with Crippen LogP contribution in [0.3, 0.4) is 0 Å². The summed E-state index contributed by atoms with van der Waals surface area (Å²) in [6, 6.07) is 0. The fourth-order valence-corrected chi connectivity index (χ4v) is 3.83. The van der Waals surface area contributed by atoms with E-state index in [9.17, 15) is 4.79 Å². The van der Waals surface area contributed by atoms with Crippen LogP contribution in [0.15, 0.2) is 0 Å². The van der Waals surface area contributed by atoms with Gasteiger partial charge in [0.1, 0.15) is 5.78 Å². The highest BCUT2D eigenvalue weighted by atomic mass is 16.1. The molecule has 2 aliphatic carbocycles. The third kappa shape index (κ3) is 1.73. The van der Waals surface area contributed by atoms with E-state index >= 15 is 0 Å². The monoisotopic (exact) mass is 207 g/mol. The molecule has 2 saturated carbocycles. The maximum absolute atomic E-state index is 12.0. The van der Waals surface area contributed by atoms with Crippen LogP contribution in [0.1, 0.15) is 38.5 Å². The molecule has 0 unspecified atom stereocenters. The molecule has 1 saturated heterocycles. The number of fused-ring (bicyclic) bond motifs is 2. The van der Waals surface area contributed by atoms with Gasteiger partial charge >= 0.3 is 0 Å². The Labute approximate surface area is 92.0 Å². The smallest absolute Gasteiger partial charge is 0.140 e. The summed E-state index contributed by atoms with van der Waals surface area (Å²) in [7, 11) is 0. The van der Waals surface area contributed by atoms with Crippen molar-refractivity contribution in [3.63, 3.8) is 0 Å². The molecule has 3 rings (SSSR count). The van der Waals surface area contributed by atoms with Crippen LogP contribution in [0.4, 0.5) is 0 Å². The lowest BCUT2D eigenvalue weighted by Gasteiger charge is -2.31. The van der Waals surface area contributed by atoms with E-state index in [-0.39, 0.29) is 0 Å². The van der Waals surface area contributed by atoms with Crippen LogP contribution >= 0.6 is 0 Å². The molecule has 3 atom stereocenters. The average Bonchev–Trinajstić information content (AvgIpc) is 2.84. The molecule has 0 aromatic carbocycles.